The Hall–Kier alpha value is -2.37. The molecule has 2 fully saturated rings. The average Bonchev–Trinajstić information content (AvgIpc) is 3.41. The van der Waals surface area contributed by atoms with E-state index in [-0.39, 0.29) is 24.3 Å². The Kier molecular flexibility index (Phi) is 5.64. The van der Waals surface area contributed by atoms with Gasteiger partial charge < -0.3 is 14.5 Å². The van der Waals surface area contributed by atoms with E-state index in [1.807, 2.05) is 23.1 Å². The number of esters is 1. The van der Waals surface area contributed by atoms with E-state index in [2.05, 4.69) is 6.07 Å². The van der Waals surface area contributed by atoms with Crippen molar-refractivity contribution in [2.75, 3.05) is 31.1 Å². The van der Waals surface area contributed by atoms with Crippen molar-refractivity contribution in [3.05, 3.63) is 29.8 Å². The molecule has 2 amide bonds. The number of hydrogen-bond acceptors (Lipinski definition) is 4. The van der Waals surface area contributed by atoms with Gasteiger partial charge in [-0.3, -0.25) is 14.4 Å². The van der Waals surface area contributed by atoms with Gasteiger partial charge in [0.25, 0.3) is 5.91 Å². The molecular formula is C22H28N2O4. The van der Waals surface area contributed by atoms with Crippen molar-refractivity contribution in [3.63, 3.8) is 0 Å². The molecule has 0 radical (unpaired) electrons. The van der Waals surface area contributed by atoms with E-state index in [1.54, 1.807) is 4.90 Å². The molecule has 1 saturated heterocycles. The van der Waals surface area contributed by atoms with Gasteiger partial charge in [0, 0.05) is 25.3 Å². The van der Waals surface area contributed by atoms with Crippen LogP contribution in [0.3, 0.4) is 0 Å². The summed E-state index contributed by atoms with van der Waals surface area (Å²) in [6.07, 6.45) is 6.10. The second-order valence-electron chi connectivity index (χ2n) is 8.06. The lowest BCUT2D eigenvalue weighted by Crippen LogP contribution is -2.43. The Morgan fingerprint density at radius 2 is 1.64 bits per heavy atom. The van der Waals surface area contributed by atoms with Crippen LogP contribution in [0.4, 0.5) is 5.69 Å². The molecule has 2 atom stereocenters. The summed E-state index contributed by atoms with van der Waals surface area (Å²) in [5.41, 5.74) is 2.15. The van der Waals surface area contributed by atoms with Crippen LogP contribution in [0.15, 0.2) is 24.3 Å². The molecule has 2 aliphatic heterocycles. The van der Waals surface area contributed by atoms with E-state index in [0.29, 0.717) is 19.4 Å². The van der Waals surface area contributed by atoms with Gasteiger partial charge in [0.2, 0.25) is 5.91 Å². The summed E-state index contributed by atoms with van der Waals surface area (Å²) in [7, 11) is 0. The van der Waals surface area contributed by atoms with E-state index in [4.69, 9.17) is 4.74 Å². The van der Waals surface area contributed by atoms with E-state index in [1.165, 1.54) is 5.56 Å². The van der Waals surface area contributed by atoms with Crippen molar-refractivity contribution in [1.29, 1.82) is 0 Å². The van der Waals surface area contributed by atoms with Crippen molar-refractivity contribution < 1.29 is 19.1 Å². The molecule has 0 aromatic heterocycles. The minimum atomic E-state index is -0.444. The molecule has 1 aromatic rings. The number of para-hydroxylation sites is 1. The quantitative estimate of drug-likeness (QED) is 0.749. The molecule has 6 heteroatoms. The first-order valence-corrected chi connectivity index (χ1v) is 10.5. The topological polar surface area (TPSA) is 66.9 Å². The van der Waals surface area contributed by atoms with Gasteiger partial charge in [0.1, 0.15) is 0 Å². The molecule has 4 rings (SSSR count). The summed E-state index contributed by atoms with van der Waals surface area (Å²) >= 11 is 0. The van der Waals surface area contributed by atoms with Crippen molar-refractivity contribution in [3.8, 4) is 0 Å². The fourth-order valence-electron chi connectivity index (χ4n) is 4.77. The van der Waals surface area contributed by atoms with Gasteiger partial charge in [0.15, 0.2) is 6.61 Å². The maximum absolute atomic E-state index is 13.3. The van der Waals surface area contributed by atoms with Crippen LogP contribution in [0.5, 0.6) is 0 Å². The zero-order valence-corrected chi connectivity index (χ0v) is 16.3. The fourth-order valence-corrected chi connectivity index (χ4v) is 4.77. The third-order valence-corrected chi connectivity index (χ3v) is 6.34. The Morgan fingerprint density at radius 1 is 0.929 bits per heavy atom. The summed E-state index contributed by atoms with van der Waals surface area (Å²) in [4.78, 5) is 41.7. The predicted molar refractivity (Wildman–Crippen MR) is 105 cm³/mol. The monoisotopic (exact) mass is 384 g/mol. The highest BCUT2D eigenvalue weighted by Gasteiger charge is 2.40. The number of benzene rings is 1. The molecule has 1 saturated carbocycles. The summed E-state index contributed by atoms with van der Waals surface area (Å²) in [5.74, 6) is -1.29. The number of ether oxygens (including phenoxy) is 1. The smallest absolute Gasteiger partial charge is 0.310 e. The molecule has 150 valence electrons. The molecular weight excluding hydrogens is 356 g/mol. The minimum absolute atomic E-state index is 0.0254. The van der Waals surface area contributed by atoms with Crippen LogP contribution in [-0.4, -0.2) is 48.9 Å². The van der Waals surface area contributed by atoms with Crippen LogP contribution in [0.2, 0.25) is 0 Å². The summed E-state index contributed by atoms with van der Waals surface area (Å²) in [6.45, 7) is 1.96. The van der Waals surface area contributed by atoms with Crippen molar-refractivity contribution in [2.45, 2.75) is 44.9 Å². The minimum Gasteiger partial charge on any atom is -0.455 e. The van der Waals surface area contributed by atoms with E-state index in [9.17, 15) is 14.4 Å². The number of rotatable bonds is 4. The molecule has 6 nitrogen and oxygen atoms in total. The predicted octanol–water partition coefficient (Wildman–Crippen LogP) is 2.55. The molecule has 2 heterocycles. The Morgan fingerprint density at radius 3 is 2.43 bits per heavy atom. The normalized spacial score (nSPS) is 24.1. The average molecular weight is 384 g/mol. The highest BCUT2D eigenvalue weighted by atomic mass is 16.5. The number of amides is 2. The first-order valence-electron chi connectivity index (χ1n) is 10.5. The fraction of sp³-hybridized carbons (Fsp3) is 0.591. The number of likely N-dealkylation sites (tertiary alicyclic amines) is 1. The summed E-state index contributed by atoms with van der Waals surface area (Å²) in [5, 5.41) is 0. The van der Waals surface area contributed by atoms with Crippen LogP contribution in [0, 0.1) is 11.8 Å². The number of nitrogens with zero attached hydrogens (tertiary/aromatic N) is 2. The molecule has 3 aliphatic rings. The van der Waals surface area contributed by atoms with Gasteiger partial charge in [-0.05, 0) is 43.7 Å². The second-order valence-corrected chi connectivity index (χ2v) is 8.06. The zero-order chi connectivity index (χ0) is 19.5. The van der Waals surface area contributed by atoms with Crippen molar-refractivity contribution in [1.82, 2.24) is 4.90 Å². The number of hydrogen-bond donors (Lipinski definition) is 0. The third-order valence-electron chi connectivity index (χ3n) is 6.34. The molecule has 1 aromatic carbocycles. The van der Waals surface area contributed by atoms with Crippen LogP contribution < -0.4 is 4.90 Å². The maximum atomic E-state index is 13.3. The zero-order valence-electron chi connectivity index (χ0n) is 16.3. The van der Waals surface area contributed by atoms with Crippen molar-refractivity contribution >= 4 is 23.5 Å². The first-order chi connectivity index (χ1) is 13.6. The molecule has 2 unspecified atom stereocenters. The van der Waals surface area contributed by atoms with Crippen LogP contribution in [0.25, 0.3) is 0 Å². The lowest BCUT2D eigenvalue weighted by atomic mass is 9.78. The number of carbonyl (C=O) groups excluding carboxylic acids is 3. The Labute approximate surface area is 165 Å². The Bertz CT molecular complexity index is 757. The highest BCUT2D eigenvalue weighted by Crippen LogP contribution is 2.36. The van der Waals surface area contributed by atoms with Gasteiger partial charge >= 0.3 is 5.97 Å². The maximum Gasteiger partial charge on any atom is 0.310 e. The van der Waals surface area contributed by atoms with E-state index < -0.39 is 11.9 Å². The standard InChI is InChI=1S/C22H28N2O4/c25-20(23-12-5-6-13-23)15-28-22(27)18-9-3-2-8-17(18)21(26)24-14-11-16-7-1-4-10-19(16)24/h1,4,7,10,17-18H,2-3,5-6,8-9,11-15H2. The molecule has 0 bridgehead atoms. The van der Waals surface area contributed by atoms with Crippen LogP contribution in [0.1, 0.15) is 44.1 Å². The van der Waals surface area contributed by atoms with Crippen LogP contribution in [-0.2, 0) is 25.5 Å². The van der Waals surface area contributed by atoms with Crippen molar-refractivity contribution in [2.24, 2.45) is 11.8 Å². The van der Waals surface area contributed by atoms with Gasteiger partial charge in [-0.25, -0.2) is 0 Å². The van der Waals surface area contributed by atoms with Crippen LogP contribution >= 0.6 is 0 Å². The highest BCUT2D eigenvalue weighted by molar-refractivity contribution is 5.99. The largest absolute Gasteiger partial charge is 0.455 e. The number of fused-ring (bicyclic) bond motifs is 1. The van der Waals surface area contributed by atoms with E-state index >= 15 is 0 Å². The lowest BCUT2D eigenvalue weighted by molar-refractivity contribution is -0.159. The number of anilines is 1. The summed E-state index contributed by atoms with van der Waals surface area (Å²) in [6, 6.07) is 7.97. The molecule has 0 N–H and O–H groups in total. The molecule has 28 heavy (non-hydrogen) atoms. The Balaban J connectivity index is 1.40. The lowest BCUT2D eigenvalue weighted by Gasteiger charge is -2.32. The number of carbonyl (C=O) groups is 3. The van der Waals surface area contributed by atoms with Gasteiger partial charge in [-0.1, -0.05) is 31.0 Å². The third kappa shape index (κ3) is 3.77. The first kappa shape index (κ1) is 19.0. The van der Waals surface area contributed by atoms with Gasteiger partial charge in [-0.2, -0.15) is 0 Å². The SMILES string of the molecule is O=C(OCC(=O)N1CCCC1)C1CCCCC1C(=O)N1CCc2ccccc21. The van der Waals surface area contributed by atoms with Gasteiger partial charge in [0.05, 0.1) is 11.8 Å². The second kappa shape index (κ2) is 8.33. The molecule has 0 spiro atoms. The summed E-state index contributed by atoms with van der Waals surface area (Å²) < 4.78 is 5.37. The molecule has 1 aliphatic carbocycles. The van der Waals surface area contributed by atoms with E-state index in [0.717, 1.165) is 50.9 Å². The van der Waals surface area contributed by atoms with Gasteiger partial charge in [-0.15, -0.1) is 0 Å².